The molecule has 1 aliphatic heterocycles. The maximum absolute atomic E-state index is 12.6. The van der Waals surface area contributed by atoms with Gasteiger partial charge in [-0.05, 0) is 25.1 Å². The summed E-state index contributed by atoms with van der Waals surface area (Å²) in [5.41, 5.74) is 0.409. The number of nitrogens with one attached hydrogen (secondary N) is 1. The molecule has 2 atom stereocenters. The smallest absolute Gasteiger partial charge is 0.251 e. The van der Waals surface area contributed by atoms with Crippen LogP contribution in [0.25, 0.3) is 0 Å². The summed E-state index contributed by atoms with van der Waals surface area (Å²) in [6.45, 7) is 2.93. The second-order valence-electron chi connectivity index (χ2n) is 6.24. The average Bonchev–Trinajstić information content (AvgIpc) is 3.01. The van der Waals surface area contributed by atoms with E-state index in [9.17, 15) is 13.2 Å². The third kappa shape index (κ3) is 4.87. The average molecular weight is 386 g/mol. The SMILES string of the molecule is CCOc1ccc(C(=O)N[C@@H]2COC[C@H]2CS(=O)(=O)N(C)C)cc1OC. The van der Waals surface area contributed by atoms with Crippen LogP contribution in [-0.2, 0) is 14.8 Å². The predicted octanol–water partition coefficient (Wildman–Crippen LogP) is 0.730. The highest BCUT2D eigenvalue weighted by atomic mass is 32.2. The van der Waals surface area contributed by atoms with Gasteiger partial charge in [0.25, 0.3) is 5.91 Å². The van der Waals surface area contributed by atoms with Crippen LogP contribution in [0.5, 0.6) is 11.5 Å². The van der Waals surface area contributed by atoms with Crippen molar-refractivity contribution in [2.45, 2.75) is 13.0 Å². The monoisotopic (exact) mass is 386 g/mol. The van der Waals surface area contributed by atoms with Gasteiger partial charge in [0.15, 0.2) is 11.5 Å². The molecule has 0 spiro atoms. The normalized spacial score (nSPS) is 20.2. The quantitative estimate of drug-likeness (QED) is 0.708. The highest BCUT2D eigenvalue weighted by Crippen LogP contribution is 2.28. The zero-order valence-electron chi connectivity index (χ0n) is 15.5. The molecule has 0 unspecified atom stereocenters. The van der Waals surface area contributed by atoms with Crippen molar-refractivity contribution in [3.8, 4) is 11.5 Å². The summed E-state index contributed by atoms with van der Waals surface area (Å²) in [4.78, 5) is 12.6. The molecule has 0 aromatic heterocycles. The van der Waals surface area contributed by atoms with Crippen LogP contribution in [0.4, 0.5) is 0 Å². The molecule has 1 fully saturated rings. The van der Waals surface area contributed by atoms with Crippen LogP contribution in [0.1, 0.15) is 17.3 Å². The minimum atomic E-state index is -3.37. The minimum Gasteiger partial charge on any atom is -0.493 e. The zero-order valence-corrected chi connectivity index (χ0v) is 16.3. The summed E-state index contributed by atoms with van der Waals surface area (Å²) in [5, 5.41) is 2.87. The summed E-state index contributed by atoms with van der Waals surface area (Å²) < 4.78 is 41.5. The predicted molar refractivity (Wildman–Crippen MR) is 97.2 cm³/mol. The molecule has 1 N–H and O–H groups in total. The van der Waals surface area contributed by atoms with E-state index in [0.717, 1.165) is 0 Å². The van der Waals surface area contributed by atoms with Gasteiger partial charge in [-0.15, -0.1) is 0 Å². The first kappa shape index (κ1) is 20.5. The van der Waals surface area contributed by atoms with Crippen molar-refractivity contribution >= 4 is 15.9 Å². The first-order chi connectivity index (χ1) is 12.3. The van der Waals surface area contributed by atoms with E-state index in [4.69, 9.17) is 14.2 Å². The Hall–Kier alpha value is -1.84. The number of methoxy groups -OCH3 is 1. The van der Waals surface area contributed by atoms with Gasteiger partial charge < -0.3 is 19.5 Å². The highest BCUT2D eigenvalue weighted by Gasteiger charge is 2.34. The summed E-state index contributed by atoms with van der Waals surface area (Å²) in [6.07, 6.45) is 0. The Balaban J connectivity index is 2.09. The second kappa shape index (κ2) is 8.70. The van der Waals surface area contributed by atoms with Gasteiger partial charge in [-0.2, -0.15) is 0 Å². The standard InChI is InChI=1S/C17H26N2O6S/c1-5-25-15-7-6-12(8-16(15)23-4)17(20)18-14-10-24-9-13(14)11-26(21,22)19(2)3/h6-8,13-14H,5,9-11H2,1-4H3,(H,18,20)/t13-,14+/m0/s1. The molecule has 0 bridgehead atoms. The van der Waals surface area contributed by atoms with Crippen molar-refractivity contribution in [1.29, 1.82) is 0 Å². The van der Waals surface area contributed by atoms with Gasteiger partial charge >= 0.3 is 0 Å². The van der Waals surface area contributed by atoms with Crippen molar-refractivity contribution in [2.24, 2.45) is 5.92 Å². The lowest BCUT2D eigenvalue weighted by Crippen LogP contribution is -2.43. The van der Waals surface area contributed by atoms with E-state index in [2.05, 4.69) is 5.32 Å². The van der Waals surface area contributed by atoms with Gasteiger partial charge in [-0.3, -0.25) is 4.79 Å². The maximum atomic E-state index is 12.6. The molecule has 146 valence electrons. The molecule has 1 aromatic rings. The van der Waals surface area contributed by atoms with Gasteiger partial charge in [0.1, 0.15) is 0 Å². The molecule has 1 aliphatic rings. The van der Waals surface area contributed by atoms with Gasteiger partial charge in [0.2, 0.25) is 10.0 Å². The fraction of sp³-hybridized carbons (Fsp3) is 0.588. The fourth-order valence-electron chi connectivity index (χ4n) is 2.68. The summed E-state index contributed by atoms with van der Waals surface area (Å²) in [7, 11) is 1.12. The van der Waals surface area contributed by atoms with Crippen molar-refractivity contribution in [3.05, 3.63) is 23.8 Å². The molecule has 1 aromatic carbocycles. The van der Waals surface area contributed by atoms with E-state index in [1.807, 2.05) is 6.92 Å². The van der Waals surface area contributed by atoms with Gasteiger partial charge in [0.05, 0.1) is 38.7 Å². The van der Waals surface area contributed by atoms with E-state index in [1.54, 1.807) is 18.2 Å². The second-order valence-corrected chi connectivity index (χ2v) is 8.46. The van der Waals surface area contributed by atoms with Crippen molar-refractivity contribution in [2.75, 3.05) is 46.8 Å². The first-order valence-electron chi connectivity index (χ1n) is 8.38. The molecular formula is C17H26N2O6S. The Bertz CT molecular complexity index is 735. The van der Waals surface area contributed by atoms with Crippen LogP contribution >= 0.6 is 0 Å². The van der Waals surface area contributed by atoms with Crippen LogP contribution < -0.4 is 14.8 Å². The van der Waals surface area contributed by atoms with Crippen LogP contribution in [-0.4, -0.2) is 71.5 Å². The number of carbonyl (C=O) groups is 1. The van der Waals surface area contributed by atoms with Crippen LogP contribution in [0.2, 0.25) is 0 Å². The number of nitrogens with zero attached hydrogens (tertiary/aromatic N) is 1. The molecule has 0 radical (unpaired) electrons. The van der Waals surface area contributed by atoms with Crippen LogP contribution in [0.15, 0.2) is 18.2 Å². The molecular weight excluding hydrogens is 360 g/mol. The number of amides is 1. The lowest BCUT2D eigenvalue weighted by molar-refractivity contribution is 0.0925. The number of ether oxygens (including phenoxy) is 3. The van der Waals surface area contributed by atoms with E-state index >= 15 is 0 Å². The van der Waals surface area contributed by atoms with Gasteiger partial charge in [-0.1, -0.05) is 0 Å². The lowest BCUT2D eigenvalue weighted by atomic mass is 10.1. The van der Waals surface area contributed by atoms with Gasteiger partial charge in [0, 0.05) is 25.6 Å². The number of carbonyl (C=O) groups excluding carboxylic acids is 1. The van der Waals surface area contributed by atoms with E-state index < -0.39 is 10.0 Å². The first-order valence-corrected chi connectivity index (χ1v) is 9.99. The topological polar surface area (TPSA) is 94.2 Å². The number of hydrogen-bond donors (Lipinski definition) is 1. The molecule has 1 heterocycles. The Labute approximate surface area is 154 Å². The van der Waals surface area contributed by atoms with Gasteiger partial charge in [-0.25, -0.2) is 12.7 Å². The highest BCUT2D eigenvalue weighted by molar-refractivity contribution is 7.89. The Morgan fingerprint density at radius 1 is 1.31 bits per heavy atom. The number of benzene rings is 1. The number of hydrogen-bond acceptors (Lipinski definition) is 6. The molecule has 0 aliphatic carbocycles. The zero-order chi connectivity index (χ0) is 19.3. The third-order valence-electron chi connectivity index (χ3n) is 4.22. The summed E-state index contributed by atoms with van der Waals surface area (Å²) >= 11 is 0. The summed E-state index contributed by atoms with van der Waals surface area (Å²) in [6, 6.07) is 4.55. The lowest BCUT2D eigenvalue weighted by Gasteiger charge is -2.21. The Morgan fingerprint density at radius 3 is 2.65 bits per heavy atom. The maximum Gasteiger partial charge on any atom is 0.251 e. The van der Waals surface area contributed by atoms with Crippen molar-refractivity contribution in [1.82, 2.24) is 9.62 Å². The minimum absolute atomic E-state index is 0.0719. The van der Waals surface area contributed by atoms with Crippen molar-refractivity contribution < 1.29 is 27.4 Å². The number of sulfonamides is 1. The Morgan fingerprint density at radius 2 is 2.04 bits per heavy atom. The van der Waals surface area contributed by atoms with E-state index in [1.165, 1.54) is 25.5 Å². The Kier molecular flexibility index (Phi) is 6.85. The van der Waals surface area contributed by atoms with E-state index in [-0.39, 0.29) is 30.2 Å². The molecule has 1 amide bonds. The van der Waals surface area contributed by atoms with E-state index in [0.29, 0.717) is 30.3 Å². The fourth-order valence-corrected chi connectivity index (χ4v) is 3.85. The molecule has 9 heteroatoms. The summed E-state index contributed by atoms with van der Waals surface area (Å²) in [5.74, 6) is 0.349. The molecule has 0 saturated carbocycles. The molecule has 2 rings (SSSR count). The molecule has 1 saturated heterocycles. The molecule has 8 nitrogen and oxygen atoms in total. The number of rotatable bonds is 8. The van der Waals surface area contributed by atoms with Crippen LogP contribution in [0, 0.1) is 5.92 Å². The third-order valence-corrected chi connectivity index (χ3v) is 6.18. The van der Waals surface area contributed by atoms with Crippen LogP contribution in [0.3, 0.4) is 0 Å². The largest absolute Gasteiger partial charge is 0.493 e. The molecule has 26 heavy (non-hydrogen) atoms. The van der Waals surface area contributed by atoms with Crippen molar-refractivity contribution in [3.63, 3.8) is 0 Å².